The number of thiazole rings is 1. The molecule has 0 spiro atoms. The first kappa shape index (κ1) is 12.4. The van der Waals surface area contributed by atoms with Crippen molar-refractivity contribution < 1.29 is 9.66 Å². The van der Waals surface area contributed by atoms with Crippen LogP contribution in [0.2, 0.25) is 0 Å². The van der Waals surface area contributed by atoms with Crippen LogP contribution >= 0.6 is 11.3 Å². The molecule has 0 saturated heterocycles. The molecular weight excluding hydrogens is 278 g/mol. The first-order valence-electron chi connectivity index (χ1n) is 5.69. The average Bonchev–Trinajstić information content (AvgIpc) is 2.86. The molecule has 0 bridgehead atoms. The molecule has 0 saturated carbocycles. The molecule has 100 valence electrons. The number of nitro groups is 1. The highest BCUT2D eigenvalue weighted by molar-refractivity contribution is 7.16. The lowest BCUT2D eigenvalue weighted by atomic mass is 10.2. The third-order valence-corrected chi connectivity index (χ3v) is 3.50. The number of nitrogens with two attached hydrogens (primary N) is 1. The molecule has 6 nitrogen and oxygen atoms in total. The van der Waals surface area contributed by atoms with Crippen molar-refractivity contribution in [2.75, 3.05) is 5.73 Å². The van der Waals surface area contributed by atoms with Crippen molar-refractivity contribution in [1.29, 1.82) is 0 Å². The van der Waals surface area contributed by atoms with E-state index in [0.717, 1.165) is 4.70 Å². The Balaban J connectivity index is 2.11. The van der Waals surface area contributed by atoms with E-state index in [4.69, 9.17) is 10.5 Å². The fourth-order valence-corrected chi connectivity index (χ4v) is 2.54. The van der Waals surface area contributed by atoms with E-state index in [-0.39, 0.29) is 11.4 Å². The van der Waals surface area contributed by atoms with E-state index in [0.29, 0.717) is 17.0 Å². The summed E-state index contributed by atoms with van der Waals surface area (Å²) in [4.78, 5) is 14.8. The van der Waals surface area contributed by atoms with Crippen LogP contribution in [0.15, 0.2) is 41.9 Å². The van der Waals surface area contributed by atoms with Gasteiger partial charge in [-0.05, 0) is 24.3 Å². The molecule has 3 aromatic rings. The second-order valence-electron chi connectivity index (χ2n) is 4.04. The molecule has 1 aromatic heterocycles. The van der Waals surface area contributed by atoms with Crippen LogP contribution in [0.5, 0.6) is 11.5 Å². The average molecular weight is 287 g/mol. The van der Waals surface area contributed by atoms with E-state index in [1.807, 2.05) is 0 Å². The minimum atomic E-state index is -0.482. The van der Waals surface area contributed by atoms with E-state index >= 15 is 0 Å². The number of aromatic nitrogens is 1. The highest BCUT2D eigenvalue weighted by Gasteiger charge is 2.22. The summed E-state index contributed by atoms with van der Waals surface area (Å²) < 4.78 is 6.32. The molecular formula is C13H9N3O3S. The Labute approximate surface area is 117 Å². The smallest absolute Gasteiger partial charge is 0.338 e. The molecule has 0 fully saturated rings. The van der Waals surface area contributed by atoms with E-state index < -0.39 is 4.92 Å². The van der Waals surface area contributed by atoms with E-state index in [2.05, 4.69) is 4.98 Å². The van der Waals surface area contributed by atoms with Crippen LogP contribution in [0, 0.1) is 10.1 Å². The summed E-state index contributed by atoms with van der Waals surface area (Å²) in [6.07, 6.45) is 0. The molecule has 20 heavy (non-hydrogen) atoms. The molecule has 0 unspecified atom stereocenters. The number of hydrogen-bond acceptors (Lipinski definition) is 6. The minimum Gasteiger partial charge on any atom is -0.450 e. The Morgan fingerprint density at radius 3 is 2.90 bits per heavy atom. The largest absolute Gasteiger partial charge is 0.450 e. The number of nitrogens with zero attached hydrogens (tertiary/aromatic N) is 2. The van der Waals surface area contributed by atoms with Gasteiger partial charge in [-0.3, -0.25) is 10.1 Å². The van der Waals surface area contributed by atoms with E-state index in [1.165, 1.54) is 11.3 Å². The van der Waals surface area contributed by atoms with Crippen LogP contribution in [0.1, 0.15) is 0 Å². The number of fused-ring (bicyclic) bond motifs is 1. The van der Waals surface area contributed by atoms with Gasteiger partial charge in [-0.2, -0.15) is 0 Å². The van der Waals surface area contributed by atoms with Crippen molar-refractivity contribution in [3.63, 3.8) is 0 Å². The summed E-state index contributed by atoms with van der Waals surface area (Å²) in [5, 5.41) is 11.3. The molecule has 1 heterocycles. The zero-order chi connectivity index (χ0) is 14.1. The maximum Gasteiger partial charge on any atom is 0.338 e. The molecule has 0 aliphatic carbocycles. The maximum atomic E-state index is 11.3. The molecule has 2 aromatic carbocycles. The van der Waals surface area contributed by atoms with Crippen LogP contribution in [0.25, 0.3) is 10.2 Å². The lowest BCUT2D eigenvalue weighted by Gasteiger charge is -2.07. The monoisotopic (exact) mass is 287 g/mol. The van der Waals surface area contributed by atoms with E-state index in [1.54, 1.807) is 41.9 Å². The van der Waals surface area contributed by atoms with Gasteiger partial charge in [0.15, 0.2) is 5.52 Å². The summed E-state index contributed by atoms with van der Waals surface area (Å²) in [6, 6.07) is 10.0. The number of anilines is 1. The van der Waals surface area contributed by atoms with Crippen LogP contribution < -0.4 is 10.5 Å². The summed E-state index contributed by atoms with van der Waals surface area (Å²) >= 11 is 1.35. The zero-order valence-corrected chi connectivity index (χ0v) is 11.0. The van der Waals surface area contributed by atoms with Crippen molar-refractivity contribution >= 4 is 32.9 Å². The van der Waals surface area contributed by atoms with Gasteiger partial charge >= 0.3 is 5.69 Å². The minimum absolute atomic E-state index is 0.133. The van der Waals surface area contributed by atoms with Gasteiger partial charge in [-0.25, -0.2) is 4.98 Å². The third kappa shape index (κ3) is 2.14. The van der Waals surface area contributed by atoms with Crippen molar-refractivity contribution in [3.05, 3.63) is 52.0 Å². The molecule has 0 aliphatic heterocycles. The van der Waals surface area contributed by atoms with E-state index in [9.17, 15) is 10.1 Å². The lowest BCUT2D eigenvalue weighted by molar-refractivity contribution is -0.384. The highest BCUT2D eigenvalue weighted by Crippen LogP contribution is 2.38. The fourth-order valence-electron chi connectivity index (χ4n) is 1.86. The molecule has 0 atom stereocenters. The quantitative estimate of drug-likeness (QED) is 0.451. The van der Waals surface area contributed by atoms with Crippen molar-refractivity contribution in [2.45, 2.75) is 0 Å². The molecule has 7 heteroatoms. The number of nitrogen functional groups attached to an aromatic ring is 1. The standard InChI is InChI=1S/C13H9N3O3S/c14-8-2-1-3-9(6-8)19-10-4-5-11-12(15-7-20-11)13(10)16(17)18/h1-7H,14H2. The Morgan fingerprint density at radius 2 is 2.15 bits per heavy atom. The lowest BCUT2D eigenvalue weighted by Crippen LogP contribution is -1.95. The number of benzene rings is 2. The van der Waals surface area contributed by atoms with Gasteiger partial charge in [0, 0.05) is 11.8 Å². The summed E-state index contributed by atoms with van der Waals surface area (Å²) in [7, 11) is 0. The first-order valence-corrected chi connectivity index (χ1v) is 6.57. The summed E-state index contributed by atoms with van der Waals surface area (Å²) in [5.74, 6) is 0.599. The molecule has 0 radical (unpaired) electrons. The fraction of sp³-hybridized carbons (Fsp3) is 0. The molecule has 3 rings (SSSR count). The number of nitro benzene ring substituents is 1. The predicted molar refractivity (Wildman–Crippen MR) is 77.2 cm³/mol. The third-order valence-electron chi connectivity index (χ3n) is 2.71. The van der Waals surface area contributed by atoms with Gasteiger partial charge in [0.05, 0.1) is 15.1 Å². The molecule has 0 amide bonds. The van der Waals surface area contributed by atoms with Crippen LogP contribution in [0.3, 0.4) is 0 Å². The topological polar surface area (TPSA) is 91.3 Å². The zero-order valence-electron chi connectivity index (χ0n) is 10.1. The second kappa shape index (κ2) is 4.78. The summed E-state index contributed by atoms with van der Waals surface area (Å²) in [6.45, 7) is 0. The Bertz CT molecular complexity index is 800. The molecule has 0 aliphatic rings. The number of ether oxygens (including phenoxy) is 1. The Morgan fingerprint density at radius 1 is 1.30 bits per heavy atom. The Hall–Kier alpha value is -2.67. The van der Waals surface area contributed by atoms with Crippen LogP contribution in [-0.2, 0) is 0 Å². The predicted octanol–water partition coefficient (Wildman–Crippen LogP) is 3.58. The van der Waals surface area contributed by atoms with Crippen molar-refractivity contribution in [2.24, 2.45) is 0 Å². The number of rotatable bonds is 3. The van der Waals surface area contributed by atoms with Crippen LogP contribution in [-0.4, -0.2) is 9.91 Å². The second-order valence-corrected chi connectivity index (χ2v) is 4.93. The van der Waals surface area contributed by atoms with Gasteiger partial charge in [-0.1, -0.05) is 6.07 Å². The van der Waals surface area contributed by atoms with Gasteiger partial charge in [0.1, 0.15) is 5.75 Å². The highest BCUT2D eigenvalue weighted by atomic mass is 32.1. The van der Waals surface area contributed by atoms with Gasteiger partial charge in [0.25, 0.3) is 0 Å². The van der Waals surface area contributed by atoms with Crippen LogP contribution in [0.4, 0.5) is 11.4 Å². The van der Waals surface area contributed by atoms with Crippen molar-refractivity contribution in [3.8, 4) is 11.5 Å². The van der Waals surface area contributed by atoms with Gasteiger partial charge < -0.3 is 10.5 Å². The first-order chi connectivity index (χ1) is 9.65. The number of hydrogen-bond donors (Lipinski definition) is 1. The summed E-state index contributed by atoms with van der Waals surface area (Å²) in [5.41, 5.74) is 7.96. The van der Waals surface area contributed by atoms with Crippen molar-refractivity contribution in [1.82, 2.24) is 4.98 Å². The Kier molecular flexibility index (Phi) is 2.96. The maximum absolute atomic E-state index is 11.3. The van der Waals surface area contributed by atoms with Gasteiger partial charge in [0.2, 0.25) is 5.75 Å². The van der Waals surface area contributed by atoms with Gasteiger partial charge in [-0.15, -0.1) is 11.3 Å². The SMILES string of the molecule is Nc1cccc(Oc2ccc3scnc3c2[N+](=O)[O-])c1. The molecule has 2 N–H and O–H groups in total. The normalized spacial score (nSPS) is 10.6.